The van der Waals surface area contributed by atoms with E-state index in [4.69, 9.17) is 26.1 Å². The number of rotatable bonds is 11. The van der Waals surface area contributed by atoms with Crippen molar-refractivity contribution in [2.45, 2.75) is 62.8 Å². The molecule has 2 aliphatic carbocycles. The van der Waals surface area contributed by atoms with E-state index in [9.17, 15) is 28.1 Å². The third-order valence-electron chi connectivity index (χ3n) is 15.2. The number of hydrogen-bond donors (Lipinski definition) is 2. The predicted octanol–water partition coefficient (Wildman–Crippen LogP) is 8.09. The molecule has 1 spiro atoms. The molecule has 3 aromatic carbocycles. The van der Waals surface area contributed by atoms with Crippen LogP contribution in [0, 0.1) is 21.4 Å². The highest BCUT2D eigenvalue weighted by molar-refractivity contribution is 7.90. The second kappa shape index (κ2) is 17.8. The number of carbonyl (C=O) groups excluding carboxylic acids is 2. The minimum atomic E-state index is -4.74. The number of aromatic amines is 1. The Balaban J connectivity index is 0.869. The van der Waals surface area contributed by atoms with Crippen molar-refractivity contribution in [2.24, 2.45) is 11.3 Å². The summed E-state index contributed by atoms with van der Waals surface area (Å²) < 4.78 is 42.1. The molecule has 0 radical (unpaired) electrons. The van der Waals surface area contributed by atoms with E-state index in [0.717, 1.165) is 86.6 Å². The van der Waals surface area contributed by atoms with Crippen LogP contribution in [0.4, 0.5) is 22.7 Å². The molecule has 1 saturated carbocycles. The van der Waals surface area contributed by atoms with Gasteiger partial charge in [-0.15, -0.1) is 0 Å². The van der Waals surface area contributed by atoms with Crippen molar-refractivity contribution in [1.82, 2.24) is 24.5 Å². The van der Waals surface area contributed by atoms with Crippen molar-refractivity contribution in [1.29, 1.82) is 0 Å². The maximum atomic E-state index is 14.5. The summed E-state index contributed by atoms with van der Waals surface area (Å²) in [5.74, 6) is -0.890. The molecule has 2 amide bonds. The van der Waals surface area contributed by atoms with E-state index in [1.54, 1.807) is 12.3 Å². The number of anilines is 3. The van der Waals surface area contributed by atoms with Crippen LogP contribution in [0.1, 0.15) is 83.2 Å². The van der Waals surface area contributed by atoms with Gasteiger partial charge in [-0.3, -0.25) is 24.6 Å². The molecule has 354 valence electrons. The molecule has 68 heavy (non-hydrogen) atoms. The molecule has 4 aliphatic heterocycles. The molecule has 6 heterocycles. The molecule has 6 aliphatic rings. The highest BCUT2D eigenvalue weighted by atomic mass is 35.5. The highest BCUT2D eigenvalue weighted by Gasteiger charge is 2.41. The van der Waals surface area contributed by atoms with Gasteiger partial charge in [-0.2, -0.15) is 4.98 Å². The molecular formula is C50H53ClN8O8S. The van der Waals surface area contributed by atoms with Crippen LogP contribution in [0.2, 0.25) is 5.02 Å². The number of ether oxygens (including phenoxy) is 2. The first-order valence-electron chi connectivity index (χ1n) is 23.6. The largest absolute Gasteiger partial charge is 0.474 e. The number of nitrogens with zero attached hydrogens (tertiary/aromatic N) is 6. The Bertz CT molecular complexity index is 2980. The molecule has 5 aromatic rings. The lowest BCUT2D eigenvalue weighted by Crippen LogP contribution is -2.47. The first kappa shape index (κ1) is 44.5. The van der Waals surface area contributed by atoms with Gasteiger partial charge >= 0.3 is 0 Å². The molecule has 2 aromatic heterocycles. The molecule has 0 bridgehead atoms. The molecule has 2 N–H and O–H groups in total. The Hall–Kier alpha value is -6.01. The molecule has 0 unspecified atom stereocenters. The van der Waals surface area contributed by atoms with Gasteiger partial charge in [-0.05, 0) is 116 Å². The zero-order valence-corrected chi connectivity index (χ0v) is 39.2. The molecule has 2 saturated heterocycles. The van der Waals surface area contributed by atoms with Crippen LogP contribution in [0.25, 0.3) is 16.6 Å². The van der Waals surface area contributed by atoms with E-state index in [-0.39, 0.29) is 35.8 Å². The lowest BCUT2D eigenvalue weighted by atomic mass is 9.59. The highest BCUT2D eigenvalue weighted by Crippen LogP contribution is 2.55. The Labute approximate surface area is 399 Å². The number of nitro benzene ring substituents is 1. The average molecular weight is 962 g/mol. The van der Waals surface area contributed by atoms with E-state index < -0.39 is 37.3 Å². The van der Waals surface area contributed by atoms with Gasteiger partial charge in [0.25, 0.3) is 27.5 Å². The van der Waals surface area contributed by atoms with E-state index in [0.29, 0.717) is 54.6 Å². The number of hydrogen-bond acceptors (Lipinski definition) is 12. The lowest BCUT2D eigenvalue weighted by Gasteiger charge is -2.47. The predicted molar refractivity (Wildman–Crippen MR) is 258 cm³/mol. The summed E-state index contributed by atoms with van der Waals surface area (Å²) in [5, 5.41) is 14.0. The number of sulfonamides is 1. The van der Waals surface area contributed by atoms with Crippen LogP contribution in [0.3, 0.4) is 0 Å². The number of allylic oxidation sites excluding steroid dienone is 1. The quantitative estimate of drug-likeness (QED) is 0.0960. The van der Waals surface area contributed by atoms with Crippen LogP contribution in [0.15, 0.2) is 83.4 Å². The van der Waals surface area contributed by atoms with Crippen molar-refractivity contribution in [3.63, 3.8) is 0 Å². The molecule has 0 atom stereocenters. The van der Waals surface area contributed by atoms with E-state index in [2.05, 4.69) is 31.6 Å². The molecule has 16 nitrogen and oxygen atoms in total. The van der Waals surface area contributed by atoms with Gasteiger partial charge in [0.05, 0.1) is 45.3 Å². The summed E-state index contributed by atoms with van der Waals surface area (Å²) >= 11 is 6.31. The van der Waals surface area contributed by atoms with Crippen LogP contribution < -0.4 is 19.3 Å². The summed E-state index contributed by atoms with van der Waals surface area (Å²) in [6, 6.07) is 19.6. The molecule has 3 fully saturated rings. The van der Waals surface area contributed by atoms with Crippen molar-refractivity contribution in [3.8, 4) is 5.88 Å². The van der Waals surface area contributed by atoms with Gasteiger partial charge in [0, 0.05) is 80.8 Å². The van der Waals surface area contributed by atoms with Crippen molar-refractivity contribution in [2.75, 3.05) is 75.4 Å². The summed E-state index contributed by atoms with van der Waals surface area (Å²) in [7, 11) is -4.74. The zero-order chi connectivity index (χ0) is 46.7. The Morgan fingerprint density at radius 2 is 1.75 bits per heavy atom. The SMILES string of the molecule is O=C(NS(=O)(=O)c1cc2c(c([N+](=O)[O-])c1)CN(CC1CCOCC1)C2=O)c1ccc(N2CCN(CC3=C(c4ccc(Cl)cc4)CC4(CCC4)CC3)CC2)cc1N1CCOc2nc3[nH]ccc3cc21. The van der Waals surface area contributed by atoms with E-state index >= 15 is 0 Å². The Kier molecular flexibility index (Phi) is 11.7. The van der Waals surface area contributed by atoms with E-state index in [1.165, 1.54) is 47.3 Å². The second-order valence-corrected chi connectivity index (χ2v) is 21.3. The van der Waals surface area contributed by atoms with Crippen LogP contribution >= 0.6 is 11.6 Å². The number of halogens is 1. The standard InChI is InChI=1S/C50H53ClN8O8S/c51-36-4-2-33(3-5-36)41-28-50(12-1-13-50)14-8-35(41)30-55-16-18-56(19-17-55)37-6-7-39(43(25-37)58-20-23-67-48-45(58)24-34-9-15-52-46(34)53-48)47(60)54-68(64,65)38-26-40-42(44(27-38)59(62)63)31-57(49(40)61)29-32-10-21-66-22-11-32/h2-7,9,15,24-27,32H,1,8,10-14,16-23,28-31H2,(H,52,53)(H,54,60). The summed E-state index contributed by atoms with van der Waals surface area (Å²) in [6.45, 7) is 6.14. The second-order valence-electron chi connectivity index (χ2n) is 19.2. The molecule has 18 heteroatoms. The van der Waals surface area contributed by atoms with Crippen LogP contribution in [-0.2, 0) is 21.3 Å². The number of benzene rings is 3. The van der Waals surface area contributed by atoms with Gasteiger partial charge in [0.1, 0.15) is 17.9 Å². The van der Waals surface area contributed by atoms with E-state index in [1.807, 2.05) is 41.3 Å². The minimum Gasteiger partial charge on any atom is -0.474 e. The lowest BCUT2D eigenvalue weighted by molar-refractivity contribution is -0.385. The first-order valence-corrected chi connectivity index (χ1v) is 25.5. The van der Waals surface area contributed by atoms with Crippen molar-refractivity contribution < 1.29 is 32.4 Å². The Morgan fingerprint density at radius 3 is 2.50 bits per heavy atom. The van der Waals surface area contributed by atoms with Gasteiger partial charge in [0.2, 0.25) is 5.88 Å². The van der Waals surface area contributed by atoms with Gasteiger partial charge in [-0.1, -0.05) is 35.7 Å². The first-order chi connectivity index (χ1) is 32.9. The number of aromatic nitrogens is 2. The number of pyridine rings is 1. The van der Waals surface area contributed by atoms with Gasteiger partial charge in [0.15, 0.2) is 0 Å². The summed E-state index contributed by atoms with van der Waals surface area (Å²) in [5.41, 5.74) is 6.93. The number of nitro groups is 1. The number of H-pyrrole nitrogens is 1. The smallest absolute Gasteiger partial charge is 0.276 e. The molecular weight excluding hydrogens is 908 g/mol. The topological polar surface area (TPSA) is 184 Å². The van der Waals surface area contributed by atoms with Crippen LogP contribution in [-0.4, -0.2) is 111 Å². The average Bonchev–Trinajstić information content (AvgIpc) is 3.93. The van der Waals surface area contributed by atoms with Gasteiger partial charge < -0.3 is 29.2 Å². The number of fused-ring (bicyclic) bond motifs is 3. The third-order valence-corrected chi connectivity index (χ3v) is 16.7. The maximum Gasteiger partial charge on any atom is 0.276 e. The number of nitrogens with one attached hydrogen (secondary N) is 2. The van der Waals surface area contributed by atoms with Crippen LogP contribution in [0.5, 0.6) is 5.88 Å². The zero-order valence-electron chi connectivity index (χ0n) is 37.7. The Morgan fingerprint density at radius 1 is 0.956 bits per heavy atom. The third kappa shape index (κ3) is 8.47. The number of piperazine rings is 1. The van der Waals surface area contributed by atoms with Crippen molar-refractivity contribution >= 4 is 72.8 Å². The maximum absolute atomic E-state index is 14.5. The van der Waals surface area contributed by atoms with Crippen molar-refractivity contribution in [3.05, 3.63) is 116 Å². The number of carbonyl (C=O) groups is 2. The fourth-order valence-corrected chi connectivity index (χ4v) is 12.3. The minimum absolute atomic E-state index is 0.00582. The fraction of sp³-hybridized carbons (Fsp3) is 0.420. The van der Waals surface area contributed by atoms with Gasteiger partial charge in [-0.25, -0.2) is 13.1 Å². The normalized spacial score (nSPS) is 19.8. The summed E-state index contributed by atoms with van der Waals surface area (Å²) in [4.78, 5) is 55.4. The summed E-state index contributed by atoms with van der Waals surface area (Å²) in [6.07, 6.45) is 10.7. The number of amides is 2. The fourth-order valence-electron chi connectivity index (χ4n) is 11.2. The molecule has 11 rings (SSSR count). The monoisotopic (exact) mass is 960 g/mol.